The maximum absolute atomic E-state index is 12.7. The van der Waals surface area contributed by atoms with Crippen LogP contribution in [0.15, 0.2) is 18.3 Å². The highest BCUT2D eigenvalue weighted by Gasteiger charge is 2.13. The van der Waals surface area contributed by atoms with E-state index in [0.717, 1.165) is 39.0 Å². The lowest BCUT2D eigenvalue weighted by Gasteiger charge is -2.28. The summed E-state index contributed by atoms with van der Waals surface area (Å²) in [6.45, 7) is 4.71. The second-order valence-corrected chi connectivity index (χ2v) is 4.67. The predicted molar refractivity (Wildman–Crippen MR) is 73.1 cm³/mol. The lowest BCUT2D eigenvalue weighted by molar-refractivity contribution is 0.0359. The lowest BCUT2D eigenvalue weighted by atomic mass is 10.4. The number of halogens is 1. The second-order valence-electron chi connectivity index (χ2n) is 4.67. The molecule has 0 unspecified atom stereocenters. The zero-order valence-corrected chi connectivity index (χ0v) is 11.5. The first-order chi connectivity index (χ1) is 9.65. The fraction of sp³-hybridized carbons (Fsp3) is 0.538. The number of carbonyl (C=O) groups is 1. The first kappa shape index (κ1) is 14.7. The van der Waals surface area contributed by atoms with E-state index in [-0.39, 0.29) is 6.03 Å². The summed E-state index contributed by atoms with van der Waals surface area (Å²) in [7, 11) is 1.72. The van der Waals surface area contributed by atoms with E-state index in [4.69, 9.17) is 4.74 Å². The maximum atomic E-state index is 12.7. The SMILES string of the molecule is CN(CCN1CCOCC1)C(=O)Nc1ccc(F)cn1. The minimum Gasteiger partial charge on any atom is -0.379 e. The number of rotatable bonds is 4. The van der Waals surface area contributed by atoms with Gasteiger partial charge in [-0.3, -0.25) is 10.2 Å². The van der Waals surface area contributed by atoms with Gasteiger partial charge in [0.25, 0.3) is 0 Å². The standard InChI is InChI=1S/C13H19FN4O2/c1-17(4-5-18-6-8-20-9-7-18)13(19)16-12-3-2-11(14)10-15-12/h2-3,10H,4-9H2,1H3,(H,15,16,19). The van der Waals surface area contributed by atoms with E-state index < -0.39 is 5.82 Å². The summed E-state index contributed by atoms with van der Waals surface area (Å²) in [5.74, 6) is -0.0849. The van der Waals surface area contributed by atoms with Crippen LogP contribution >= 0.6 is 0 Å². The van der Waals surface area contributed by atoms with Crippen LogP contribution in [-0.4, -0.2) is 67.3 Å². The van der Waals surface area contributed by atoms with Gasteiger partial charge in [0.15, 0.2) is 0 Å². The number of carbonyl (C=O) groups excluding carboxylic acids is 1. The predicted octanol–water partition coefficient (Wildman–Crippen LogP) is 1.02. The van der Waals surface area contributed by atoms with Crippen LogP contribution < -0.4 is 5.32 Å². The van der Waals surface area contributed by atoms with Crippen molar-refractivity contribution in [2.24, 2.45) is 0 Å². The van der Waals surface area contributed by atoms with E-state index in [1.54, 1.807) is 11.9 Å². The summed E-state index contributed by atoms with van der Waals surface area (Å²) in [5, 5.41) is 2.62. The Morgan fingerprint density at radius 2 is 2.25 bits per heavy atom. The molecule has 0 saturated carbocycles. The van der Waals surface area contributed by atoms with Crippen LogP contribution in [0.4, 0.5) is 15.0 Å². The zero-order chi connectivity index (χ0) is 14.4. The minimum absolute atomic E-state index is 0.252. The van der Waals surface area contributed by atoms with E-state index >= 15 is 0 Å². The number of amides is 2. The van der Waals surface area contributed by atoms with E-state index in [1.165, 1.54) is 12.1 Å². The largest absolute Gasteiger partial charge is 0.379 e. The van der Waals surface area contributed by atoms with Crippen molar-refractivity contribution in [3.05, 3.63) is 24.1 Å². The molecule has 0 spiro atoms. The summed E-state index contributed by atoms with van der Waals surface area (Å²) in [6, 6.07) is 2.44. The van der Waals surface area contributed by atoms with Crippen LogP contribution in [0.3, 0.4) is 0 Å². The average Bonchev–Trinajstić information content (AvgIpc) is 2.48. The number of anilines is 1. The Bertz CT molecular complexity index is 435. The van der Waals surface area contributed by atoms with Crippen LogP contribution in [0.1, 0.15) is 0 Å². The first-order valence-corrected chi connectivity index (χ1v) is 6.59. The number of urea groups is 1. The van der Waals surface area contributed by atoms with Gasteiger partial charge < -0.3 is 9.64 Å². The molecule has 2 heterocycles. The highest BCUT2D eigenvalue weighted by atomic mass is 19.1. The van der Waals surface area contributed by atoms with Crippen LogP contribution in [0.2, 0.25) is 0 Å². The molecule has 1 aliphatic rings. The van der Waals surface area contributed by atoms with Gasteiger partial charge in [0.1, 0.15) is 11.6 Å². The third-order valence-electron chi connectivity index (χ3n) is 3.16. The summed E-state index contributed by atoms with van der Waals surface area (Å²) in [6.07, 6.45) is 1.07. The van der Waals surface area contributed by atoms with E-state index in [9.17, 15) is 9.18 Å². The molecule has 0 bridgehead atoms. The molecule has 0 aromatic carbocycles. The summed E-state index contributed by atoms with van der Waals surface area (Å²) >= 11 is 0. The number of aromatic nitrogens is 1. The Morgan fingerprint density at radius 1 is 1.50 bits per heavy atom. The van der Waals surface area contributed by atoms with Gasteiger partial charge in [-0.1, -0.05) is 0 Å². The molecule has 0 atom stereocenters. The van der Waals surface area contributed by atoms with Crippen molar-refractivity contribution in [3.8, 4) is 0 Å². The van der Waals surface area contributed by atoms with Crippen LogP contribution in [-0.2, 0) is 4.74 Å². The number of hydrogen-bond acceptors (Lipinski definition) is 4. The van der Waals surface area contributed by atoms with Gasteiger partial charge in [-0.15, -0.1) is 0 Å². The maximum Gasteiger partial charge on any atom is 0.322 e. The minimum atomic E-state index is -0.427. The van der Waals surface area contributed by atoms with Gasteiger partial charge in [-0.05, 0) is 12.1 Å². The molecule has 1 fully saturated rings. The number of likely N-dealkylation sites (N-methyl/N-ethyl adjacent to an activating group) is 1. The molecule has 1 aromatic rings. The second kappa shape index (κ2) is 7.16. The van der Waals surface area contributed by atoms with Gasteiger partial charge in [-0.2, -0.15) is 0 Å². The molecular formula is C13H19FN4O2. The Balaban J connectivity index is 1.75. The third kappa shape index (κ3) is 4.43. The quantitative estimate of drug-likeness (QED) is 0.895. The Hall–Kier alpha value is -1.73. The van der Waals surface area contributed by atoms with Crippen molar-refractivity contribution in [3.63, 3.8) is 0 Å². The smallest absolute Gasteiger partial charge is 0.322 e. The number of nitrogens with zero attached hydrogens (tertiary/aromatic N) is 3. The molecule has 2 amide bonds. The summed E-state index contributed by atoms with van der Waals surface area (Å²) in [5.41, 5.74) is 0. The highest BCUT2D eigenvalue weighted by Crippen LogP contribution is 2.04. The molecule has 1 N–H and O–H groups in total. The van der Waals surface area contributed by atoms with Crippen molar-refractivity contribution in [2.45, 2.75) is 0 Å². The Morgan fingerprint density at radius 3 is 2.90 bits per heavy atom. The number of pyridine rings is 1. The van der Waals surface area contributed by atoms with Gasteiger partial charge >= 0.3 is 6.03 Å². The summed E-state index contributed by atoms with van der Waals surface area (Å²) in [4.78, 5) is 19.5. The monoisotopic (exact) mass is 282 g/mol. The molecule has 2 rings (SSSR count). The topological polar surface area (TPSA) is 57.7 Å². The number of nitrogens with one attached hydrogen (secondary N) is 1. The molecule has 6 nitrogen and oxygen atoms in total. The van der Waals surface area contributed by atoms with Gasteiger partial charge in [-0.25, -0.2) is 14.2 Å². The van der Waals surface area contributed by atoms with Gasteiger partial charge in [0, 0.05) is 33.2 Å². The lowest BCUT2D eigenvalue weighted by Crippen LogP contribution is -2.42. The zero-order valence-electron chi connectivity index (χ0n) is 11.5. The third-order valence-corrected chi connectivity index (χ3v) is 3.16. The molecular weight excluding hydrogens is 263 g/mol. The fourth-order valence-electron chi connectivity index (χ4n) is 1.87. The number of ether oxygens (including phenoxy) is 1. The van der Waals surface area contributed by atoms with Crippen molar-refractivity contribution in [2.75, 3.05) is 51.8 Å². The van der Waals surface area contributed by atoms with E-state index in [0.29, 0.717) is 12.4 Å². The van der Waals surface area contributed by atoms with E-state index in [2.05, 4.69) is 15.2 Å². The van der Waals surface area contributed by atoms with Crippen LogP contribution in [0, 0.1) is 5.82 Å². The van der Waals surface area contributed by atoms with Gasteiger partial charge in [0.05, 0.1) is 19.4 Å². The molecule has 0 aliphatic carbocycles. The molecule has 20 heavy (non-hydrogen) atoms. The fourth-order valence-corrected chi connectivity index (χ4v) is 1.87. The molecule has 110 valence electrons. The molecule has 0 radical (unpaired) electrons. The van der Waals surface area contributed by atoms with Crippen molar-refractivity contribution >= 4 is 11.8 Å². The Labute approximate surface area is 117 Å². The van der Waals surface area contributed by atoms with Crippen LogP contribution in [0.5, 0.6) is 0 Å². The highest BCUT2D eigenvalue weighted by molar-refractivity contribution is 5.88. The normalized spacial score (nSPS) is 15.9. The molecule has 1 saturated heterocycles. The van der Waals surface area contributed by atoms with Crippen molar-refractivity contribution < 1.29 is 13.9 Å². The number of morpholine rings is 1. The summed E-state index contributed by atoms with van der Waals surface area (Å²) < 4.78 is 18.0. The molecule has 1 aliphatic heterocycles. The molecule has 1 aromatic heterocycles. The van der Waals surface area contributed by atoms with E-state index in [1.807, 2.05) is 0 Å². The number of hydrogen-bond donors (Lipinski definition) is 1. The first-order valence-electron chi connectivity index (χ1n) is 6.59. The van der Waals surface area contributed by atoms with Crippen molar-refractivity contribution in [1.29, 1.82) is 0 Å². The van der Waals surface area contributed by atoms with Crippen LogP contribution in [0.25, 0.3) is 0 Å². The van der Waals surface area contributed by atoms with Crippen molar-refractivity contribution in [1.82, 2.24) is 14.8 Å². The Kier molecular flexibility index (Phi) is 5.25. The molecule has 7 heteroatoms. The average molecular weight is 282 g/mol. The van der Waals surface area contributed by atoms with Gasteiger partial charge in [0.2, 0.25) is 0 Å².